The number of aromatic amines is 1. The summed E-state index contributed by atoms with van der Waals surface area (Å²) in [5.74, 6) is 0.669. The van der Waals surface area contributed by atoms with Gasteiger partial charge in [0, 0.05) is 24.5 Å². The van der Waals surface area contributed by atoms with Gasteiger partial charge in [-0.25, -0.2) is 14.6 Å². The summed E-state index contributed by atoms with van der Waals surface area (Å²) in [5.41, 5.74) is 1.60. The minimum Gasteiger partial charge on any atom is -0.368 e. The first-order chi connectivity index (χ1) is 11.3. The Morgan fingerprint density at radius 2 is 2.00 bits per heavy atom. The predicted octanol–water partition coefficient (Wildman–Crippen LogP) is 1.62. The van der Waals surface area contributed by atoms with Crippen LogP contribution in [0.1, 0.15) is 5.69 Å². The number of benzene rings is 1. The van der Waals surface area contributed by atoms with Gasteiger partial charge < -0.3 is 5.32 Å². The molecule has 0 saturated carbocycles. The Morgan fingerprint density at radius 1 is 1.13 bits per heavy atom. The van der Waals surface area contributed by atoms with Crippen molar-refractivity contribution in [1.29, 1.82) is 0 Å². The molecule has 114 valence electrons. The van der Waals surface area contributed by atoms with E-state index in [9.17, 15) is 4.79 Å². The third kappa shape index (κ3) is 2.52. The average Bonchev–Trinajstić information content (AvgIpc) is 3.00. The van der Waals surface area contributed by atoms with Crippen molar-refractivity contribution in [3.8, 4) is 0 Å². The van der Waals surface area contributed by atoms with Crippen LogP contribution in [0, 0.1) is 0 Å². The second kappa shape index (κ2) is 5.53. The van der Waals surface area contributed by atoms with Gasteiger partial charge in [-0.1, -0.05) is 18.2 Å². The molecule has 0 saturated heterocycles. The first-order valence-electron chi connectivity index (χ1n) is 7.32. The Bertz CT molecular complexity index is 1000. The standard InChI is InChI=1S/C16H14N6O/c23-16-13-5-2-1-4-12(13)15(20-21-16)17-9-7-11-10-22-14(19-11)6-3-8-18-22/h1-6,8,10H,7,9H2,(H,17,20)(H,21,23). The molecule has 23 heavy (non-hydrogen) atoms. The molecule has 1 aromatic carbocycles. The van der Waals surface area contributed by atoms with E-state index in [4.69, 9.17) is 0 Å². The van der Waals surface area contributed by atoms with Crippen LogP contribution in [-0.4, -0.2) is 31.3 Å². The number of hydrogen-bond donors (Lipinski definition) is 2. The lowest BCUT2D eigenvalue weighted by Crippen LogP contribution is -2.13. The fraction of sp³-hybridized carbons (Fsp3) is 0.125. The van der Waals surface area contributed by atoms with Gasteiger partial charge in [-0.3, -0.25) is 4.79 Å². The Labute approximate surface area is 131 Å². The van der Waals surface area contributed by atoms with E-state index in [1.165, 1.54) is 0 Å². The van der Waals surface area contributed by atoms with Crippen LogP contribution in [0.15, 0.2) is 53.6 Å². The van der Waals surface area contributed by atoms with Crippen molar-refractivity contribution < 1.29 is 0 Å². The molecule has 0 spiro atoms. The van der Waals surface area contributed by atoms with Crippen LogP contribution in [0.25, 0.3) is 16.4 Å². The Kier molecular flexibility index (Phi) is 3.23. The largest absolute Gasteiger partial charge is 0.368 e. The van der Waals surface area contributed by atoms with Crippen LogP contribution >= 0.6 is 0 Å². The summed E-state index contributed by atoms with van der Waals surface area (Å²) < 4.78 is 1.75. The molecule has 0 amide bonds. The van der Waals surface area contributed by atoms with Crippen LogP contribution in [0.2, 0.25) is 0 Å². The third-order valence-corrected chi connectivity index (χ3v) is 3.66. The lowest BCUT2D eigenvalue weighted by atomic mass is 10.2. The SMILES string of the molecule is O=c1[nH]nc(NCCc2cn3ncccc3n2)c2ccccc12. The number of H-pyrrole nitrogens is 1. The van der Waals surface area contributed by atoms with Gasteiger partial charge in [0.1, 0.15) is 0 Å². The summed E-state index contributed by atoms with van der Waals surface area (Å²) >= 11 is 0. The first-order valence-corrected chi connectivity index (χ1v) is 7.32. The number of rotatable bonds is 4. The van der Waals surface area contributed by atoms with E-state index in [1.807, 2.05) is 36.5 Å². The third-order valence-electron chi connectivity index (χ3n) is 3.66. The van der Waals surface area contributed by atoms with Gasteiger partial charge in [0.05, 0.1) is 17.3 Å². The highest BCUT2D eigenvalue weighted by Crippen LogP contribution is 2.16. The van der Waals surface area contributed by atoms with Crippen LogP contribution in [-0.2, 0) is 6.42 Å². The molecule has 0 unspecified atom stereocenters. The number of nitrogens with one attached hydrogen (secondary N) is 2. The molecule has 0 atom stereocenters. The quantitative estimate of drug-likeness (QED) is 0.598. The Balaban J connectivity index is 1.53. The molecule has 0 aliphatic rings. The topological polar surface area (TPSA) is 88.0 Å². The van der Waals surface area contributed by atoms with Crippen LogP contribution in [0.4, 0.5) is 5.82 Å². The maximum atomic E-state index is 11.8. The number of anilines is 1. The molecule has 3 heterocycles. The molecule has 0 aliphatic heterocycles. The molecule has 2 N–H and O–H groups in total. The van der Waals surface area contributed by atoms with Crippen molar-refractivity contribution >= 4 is 22.2 Å². The maximum Gasteiger partial charge on any atom is 0.272 e. The highest BCUT2D eigenvalue weighted by molar-refractivity contribution is 5.90. The summed E-state index contributed by atoms with van der Waals surface area (Å²) in [6.07, 6.45) is 4.38. The lowest BCUT2D eigenvalue weighted by Gasteiger charge is -2.06. The zero-order valence-corrected chi connectivity index (χ0v) is 12.2. The molecule has 0 aliphatic carbocycles. The highest BCUT2D eigenvalue weighted by atomic mass is 16.1. The number of fused-ring (bicyclic) bond motifs is 2. The summed E-state index contributed by atoms with van der Waals surface area (Å²) in [5, 5.41) is 15.5. The molecule has 0 bridgehead atoms. The molecule has 3 aromatic heterocycles. The Morgan fingerprint density at radius 3 is 2.87 bits per heavy atom. The molecule has 0 radical (unpaired) electrons. The van der Waals surface area contributed by atoms with Crippen molar-refractivity contribution in [2.45, 2.75) is 6.42 Å². The minimum absolute atomic E-state index is 0.183. The Hall–Kier alpha value is -3.22. The predicted molar refractivity (Wildman–Crippen MR) is 87.5 cm³/mol. The van der Waals surface area contributed by atoms with E-state index >= 15 is 0 Å². The van der Waals surface area contributed by atoms with Crippen molar-refractivity contribution in [2.75, 3.05) is 11.9 Å². The van der Waals surface area contributed by atoms with E-state index in [1.54, 1.807) is 16.8 Å². The second-order valence-corrected chi connectivity index (χ2v) is 5.18. The van der Waals surface area contributed by atoms with Crippen LogP contribution in [0.3, 0.4) is 0 Å². The zero-order valence-electron chi connectivity index (χ0n) is 12.2. The van der Waals surface area contributed by atoms with E-state index in [2.05, 4.69) is 25.6 Å². The van der Waals surface area contributed by atoms with Gasteiger partial charge in [0.15, 0.2) is 11.5 Å². The van der Waals surface area contributed by atoms with Gasteiger partial charge in [-0.15, -0.1) is 0 Å². The second-order valence-electron chi connectivity index (χ2n) is 5.18. The molecular weight excluding hydrogens is 292 g/mol. The van der Waals surface area contributed by atoms with Gasteiger partial charge in [-0.05, 0) is 18.2 Å². The van der Waals surface area contributed by atoms with Crippen LogP contribution < -0.4 is 10.9 Å². The van der Waals surface area contributed by atoms with Crippen molar-refractivity contribution in [2.24, 2.45) is 0 Å². The maximum absolute atomic E-state index is 11.8. The fourth-order valence-electron chi connectivity index (χ4n) is 2.56. The smallest absolute Gasteiger partial charge is 0.272 e. The lowest BCUT2D eigenvalue weighted by molar-refractivity contribution is 0.920. The molecule has 4 rings (SSSR count). The van der Waals surface area contributed by atoms with E-state index in [0.717, 1.165) is 23.1 Å². The molecule has 7 nitrogen and oxygen atoms in total. The van der Waals surface area contributed by atoms with E-state index in [0.29, 0.717) is 17.7 Å². The van der Waals surface area contributed by atoms with Gasteiger partial charge in [-0.2, -0.15) is 10.2 Å². The number of imidazole rings is 1. The van der Waals surface area contributed by atoms with E-state index in [-0.39, 0.29) is 5.56 Å². The minimum atomic E-state index is -0.183. The van der Waals surface area contributed by atoms with E-state index < -0.39 is 0 Å². The highest BCUT2D eigenvalue weighted by Gasteiger charge is 2.06. The van der Waals surface area contributed by atoms with Crippen molar-refractivity contribution in [3.63, 3.8) is 0 Å². The fourth-order valence-corrected chi connectivity index (χ4v) is 2.56. The molecule has 7 heteroatoms. The average molecular weight is 306 g/mol. The molecular formula is C16H14N6O. The number of aromatic nitrogens is 5. The van der Waals surface area contributed by atoms with Crippen molar-refractivity contribution in [3.05, 3.63) is 64.8 Å². The number of hydrogen-bond acceptors (Lipinski definition) is 5. The monoisotopic (exact) mass is 306 g/mol. The van der Waals surface area contributed by atoms with Gasteiger partial charge in [0.2, 0.25) is 0 Å². The van der Waals surface area contributed by atoms with Gasteiger partial charge >= 0.3 is 0 Å². The number of nitrogens with zero attached hydrogens (tertiary/aromatic N) is 4. The zero-order chi connectivity index (χ0) is 15.6. The van der Waals surface area contributed by atoms with Gasteiger partial charge in [0.25, 0.3) is 5.56 Å². The summed E-state index contributed by atoms with van der Waals surface area (Å²) in [6.45, 7) is 0.660. The molecule has 0 fully saturated rings. The summed E-state index contributed by atoms with van der Waals surface area (Å²) in [4.78, 5) is 16.3. The van der Waals surface area contributed by atoms with Crippen LogP contribution in [0.5, 0.6) is 0 Å². The summed E-state index contributed by atoms with van der Waals surface area (Å²) in [6, 6.07) is 11.2. The summed E-state index contributed by atoms with van der Waals surface area (Å²) in [7, 11) is 0. The normalized spacial score (nSPS) is 11.1. The van der Waals surface area contributed by atoms with Crippen molar-refractivity contribution in [1.82, 2.24) is 24.8 Å². The first kappa shape index (κ1) is 13.4. The molecule has 4 aromatic rings.